The molecule has 4 heteroatoms. The molecular formula is C13H13N3S. The lowest BCUT2D eigenvalue weighted by Gasteiger charge is -2.13. The molecule has 3 nitrogen and oxygen atoms in total. The highest BCUT2D eigenvalue weighted by Crippen LogP contribution is 2.27. The first-order valence-corrected chi connectivity index (χ1v) is 6.17. The molecule has 0 aliphatic carbocycles. The van der Waals surface area contributed by atoms with Crippen LogP contribution in [-0.4, -0.2) is 4.37 Å². The van der Waals surface area contributed by atoms with Gasteiger partial charge in [-0.05, 0) is 30.9 Å². The number of nitriles is 1. The molecule has 0 fully saturated rings. The van der Waals surface area contributed by atoms with Crippen LogP contribution in [0.15, 0.2) is 30.3 Å². The van der Waals surface area contributed by atoms with E-state index >= 15 is 0 Å². The van der Waals surface area contributed by atoms with Gasteiger partial charge in [0.15, 0.2) is 0 Å². The van der Waals surface area contributed by atoms with Crippen LogP contribution >= 0.6 is 11.5 Å². The number of hydrogen-bond acceptors (Lipinski definition) is 4. The van der Waals surface area contributed by atoms with Crippen molar-refractivity contribution in [2.45, 2.75) is 19.9 Å². The molecule has 1 aromatic heterocycles. The van der Waals surface area contributed by atoms with E-state index in [0.717, 1.165) is 10.7 Å². The molecule has 0 radical (unpaired) electrons. The minimum absolute atomic E-state index is 0.170. The molecule has 0 aliphatic rings. The maximum Gasteiger partial charge on any atom is 0.128 e. The molecule has 1 aromatic carbocycles. The summed E-state index contributed by atoms with van der Waals surface area (Å²) in [6.07, 6.45) is 0. The lowest BCUT2D eigenvalue weighted by atomic mass is 10.1. The molecule has 2 rings (SSSR count). The van der Waals surface area contributed by atoms with Crippen LogP contribution in [0.3, 0.4) is 0 Å². The van der Waals surface area contributed by atoms with E-state index in [4.69, 9.17) is 5.26 Å². The van der Waals surface area contributed by atoms with Crippen LogP contribution in [0.25, 0.3) is 0 Å². The van der Waals surface area contributed by atoms with E-state index in [1.807, 2.05) is 25.1 Å². The molecule has 1 unspecified atom stereocenters. The number of aryl methyl sites for hydroxylation is 1. The van der Waals surface area contributed by atoms with Crippen molar-refractivity contribution < 1.29 is 0 Å². The van der Waals surface area contributed by atoms with Gasteiger partial charge in [-0.25, -0.2) is 0 Å². The Kier molecular flexibility index (Phi) is 3.40. The van der Waals surface area contributed by atoms with Crippen LogP contribution in [0.5, 0.6) is 0 Å². The monoisotopic (exact) mass is 243 g/mol. The molecule has 0 amide bonds. The molecule has 86 valence electrons. The predicted octanol–water partition coefficient (Wildman–Crippen LogP) is 3.50. The number of anilines is 1. The second-order valence-corrected chi connectivity index (χ2v) is 4.63. The van der Waals surface area contributed by atoms with E-state index in [1.165, 1.54) is 17.1 Å². The standard InChI is InChI=1S/C13H13N3S/c1-9(11-6-4-3-5-7-11)15-13-12(8-14)10(2)16-17-13/h3-7,9,15H,1-2H3. The number of aromatic nitrogens is 1. The van der Waals surface area contributed by atoms with Crippen molar-refractivity contribution in [3.63, 3.8) is 0 Å². The fraction of sp³-hybridized carbons (Fsp3) is 0.231. The Bertz CT molecular complexity index is 540. The van der Waals surface area contributed by atoms with E-state index < -0.39 is 0 Å². The van der Waals surface area contributed by atoms with E-state index in [1.54, 1.807) is 0 Å². The lowest BCUT2D eigenvalue weighted by molar-refractivity contribution is 0.888. The van der Waals surface area contributed by atoms with Crippen molar-refractivity contribution in [3.05, 3.63) is 47.2 Å². The van der Waals surface area contributed by atoms with Gasteiger partial charge in [0.2, 0.25) is 0 Å². The fourth-order valence-corrected chi connectivity index (χ4v) is 2.46. The van der Waals surface area contributed by atoms with Crippen LogP contribution in [0.2, 0.25) is 0 Å². The number of benzene rings is 1. The zero-order valence-electron chi connectivity index (χ0n) is 9.77. The first-order valence-electron chi connectivity index (χ1n) is 5.40. The van der Waals surface area contributed by atoms with E-state index in [2.05, 4.69) is 34.8 Å². The predicted molar refractivity (Wildman–Crippen MR) is 70.0 cm³/mol. The molecule has 0 aliphatic heterocycles. The van der Waals surface area contributed by atoms with Crippen molar-refractivity contribution in [1.29, 1.82) is 5.26 Å². The Hall–Kier alpha value is -1.86. The quantitative estimate of drug-likeness (QED) is 0.897. The van der Waals surface area contributed by atoms with Crippen LogP contribution in [0.4, 0.5) is 5.00 Å². The van der Waals surface area contributed by atoms with Gasteiger partial charge in [0.25, 0.3) is 0 Å². The first-order chi connectivity index (χ1) is 8.22. The van der Waals surface area contributed by atoms with Crippen molar-refractivity contribution in [3.8, 4) is 6.07 Å². The van der Waals surface area contributed by atoms with E-state index in [0.29, 0.717) is 5.56 Å². The zero-order valence-corrected chi connectivity index (χ0v) is 10.6. The van der Waals surface area contributed by atoms with Crippen LogP contribution in [0.1, 0.15) is 29.8 Å². The number of rotatable bonds is 3. The molecular weight excluding hydrogens is 230 g/mol. The Balaban J connectivity index is 2.19. The minimum Gasteiger partial charge on any atom is -0.368 e. The molecule has 1 heterocycles. The second kappa shape index (κ2) is 4.98. The summed E-state index contributed by atoms with van der Waals surface area (Å²) in [6.45, 7) is 3.93. The summed E-state index contributed by atoms with van der Waals surface area (Å²) in [7, 11) is 0. The summed E-state index contributed by atoms with van der Waals surface area (Å²) < 4.78 is 4.19. The van der Waals surface area contributed by atoms with Crippen LogP contribution in [-0.2, 0) is 0 Å². The van der Waals surface area contributed by atoms with Gasteiger partial charge >= 0.3 is 0 Å². The maximum absolute atomic E-state index is 9.05. The third kappa shape index (κ3) is 2.45. The van der Waals surface area contributed by atoms with Gasteiger partial charge < -0.3 is 5.32 Å². The highest BCUT2D eigenvalue weighted by molar-refractivity contribution is 7.10. The summed E-state index contributed by atoms with van der Waals surface area (Å²) in [5, 5.41) is 13.2. The first kappa shape index (κ1) is 11.6. The average molecular weight is 243 g/mol. The van der Waals surface area contributed by atoms with E-state index in [-0.39, 0.29) is 6.04 Å². The smallest absolute Gasteiger partial charge is 0.128 e. The molecule has 0 bridgehead atoms. The number of nitrogens with one attached hydrogen (secondary N) is 1. The molecule has 0 saturated heterocycles. The fourth-order valence-electron chi connectivity index (χ4n) is 1.62. The second-order valence-electron chi connectivity index (χ2n) is 3.86. The van der Waals surface area contributed by atoms with Crippen molar-refractivity contribution in [2.24, 2.45) is 0 Å². The Labute approximate surface area is 105 Å². The van der Waals surface area contributed by atoms with Gasteiger partial charge in [-0.1, -0.05) is 30.3 Å². The summed E-state index contributed by atoms with van der Waals surface area (Å²) in [5.74, 6) is 0. The van der Waals surface area contributed by atoms with Crippen molar-refractivity contribution >= 4 is 16.5 Å². The topological polar surface area (TPSA) is 48.7 Å². The zero-order chi connectivity index (χ0) is 12.3. The third-order valence-electron chi connectivity index (χ3n) is 2.62. The SMILES string of the molecule is Cc1nsc(NC(C)c2ccccc2)c1C#N. The van der Waals surface area contributed by atoms with Gasteiger partial charge in [0.1, 0.15) is 16.6 Å². The Morgan fingerprint density at radius 1 is 1.35 bits per heavy atom. The highest BCUT2D eigenvalue weighted by atomic mass is 32.1. The summed E-state index contributed by atoms with van der Waals surface area (Å²) in [4.78, 5) is 0. The van der Waals surface area contributed by atoms with Crippen molar-refractivity contribution in [1.82, 2.24) is 4.37 Å². The third-order valence-corrected chi connectivity index (χ3v) is 3.49. The van der Waals surface area contributed by atoms with Gasteiger partial charge in [-0.3, -0.25) is 0 Å². The summed E-state index contributed by atoms with van der Waals surface area (Å²) >= 11 is 1.34. The lowest BCUT2D eigenvalue weighted by Crippen LogP contribution is -2.06. The molecule has 0 saturated carbocycles. The normalized spacial score (nSPS) is 11.8. The number of hydrogen-bond donors (Lipinski definition) is 1. The average Bonchev–Trinajstić information content (AvgIpc) is 2.71. The van der Waals surface area contributed by atoms with Crippen LogP contribution < -0.4 is 5.32 Å². The summed E-state index contributed by atoms with van der Waals surface area (Å²) in [5.41, 5.74) is 2.64. The molecule has 1 N–H and O–H groups in total. The Morgan fingerprint density at radius 3 is 2.71 bits per heavy atom. The van der Waals surface area contributed by atoms with Crippen molar-refractivity contribution in [2.75, 3.05) is 5.32 Å². The minimum atomic E-state index is 0.170. The van der Waals surface area contributed by atoms with Gasteiger partial charge in [0.05, 0.1) is 5.69 Å². The largest absolute Gasteiger partial charge is 0.368 e. The maximum atomic E-state index is 9.05. The van der Waals surface area contributed by atoms with Crippen LogP contribution in [0, 0.1) is 18.3 Å². The summed E-state index contributed by atoms with van der Waals surface area (Å²) in [6, 6.07) is 12.5. The molecule has 17 heavy (non-hydrogen) atoms. The molecule has 2 aromatic rings. The molecule has 1 atom stereocenters. The highest BCUT2D eigenvalue weighted by Gasteiger charge is 2.12. The van der Waals surface area contributed by atoms with Gasteiger partial charge in [-0.15, -0.1) is 0 Å². The number of nitrogens with zero attached hydrogens (tertiary/aromatic N) is 2. The molecule has 0 spiro atoms. The van der Waals surface area contributed by atoms with Gasteiger partial charge in [-0.2, -0.15) is 9.64 Å². The Morgan fingerprint density at radius 2 is 2.06 bits per heavy atom. The van der Waals surface area contributed by atoms with Gasteiger partial charge in [0, 0.05) is 6.04 Å². The van der Waals surface area contributed by atoms with E-state index in [9.17, 15) is 0 Å².